The van der Waals surface area contributed by atoms with Gasteiger partial charge in [-0.3, -0.25) is 9.59 Å². The summed E-state index contributed by atoms with van der Waals surface area (Å²) in [4.78, 5) is 46.7. The molecule has 6 rings (SSSR count). The average Bonchev–Trinajstić information content (AvgIpc) is 3.94. The van der Waals surface area contributed by atoms with Gasteiger partial charge in [-0.05, 0) is 70.4 Å². The first-order valence-electron chi connectivity index (χ1n) is 16.3. The molecule has 24 heteroatoms. The molecule has 58 heavy (non-hydrogen) atoms. The molecule has 4 aromatic rings. The van der Waals surface area contributed by atoms with Crippen molar-refractivity contribution in [3.8, 4) is 12.1 Å². The summed E-state index contributed by atoms with van der Waals surface area (Å²) < 4.78 is 78.9. The Labute approximate surface area is 372 Å². The number of carbonyl (C=O) groups excluding carboxylic acids is 3. The van der Waals surface area contributed by atoms with Gasteiger partial charge < -0.3 is 25.5 Å². The molecule has 0 fully saturated rings. The number of nitrogens with one attached hydrogen (secondary N) is 3. The van der Waals surface area contributed by atoms with Crippen molar-refractivity contribution >= 4 is 86.3 Å². The quantitative estimate of drug-likeness (QED) is 0.0811. The van der Waals surface area contributed by atoms with Crippen LogP contribution in [0.1, 0.15) is 75.9 Å². The minimum atomic E-state index is -4.63. The number of amides is 2. The number of alkyl halides is 7. The molecule has 304 valence electrons. The van der Waals surface area contributed by atoms with Crippen LogP contribution in [0.3, 0.4) is 0 Å². The van der Waals surface area contributed by atoms with Crippen molar-refractivity contribution in [1.29, 1.82) is 10.5 Å². The first kappa shape index (κ1) is 50.5. The molecular weight excluding hydrogens is 885 g/mol. The Balaban J connectivity index is 0.000000309. The number of hydrogen-bond donors (Lipinski definition) is 3. The maximum atomic E-state index is 13.5. The largest absolute Gasteiger partial charge is 1.00 e. The normalized spacial score (nSPS) is 12.3. The van der Waals surface area contributed by atoms with Crippen molar-refractivity contribution in [1.82, 2.24) is 19.9 Å². The summed E-state index contributed by atoms with van der Waals surface area (Å²) in [5, 5.41) is 36.7. The van der Waals surface area contributed by atoms with E-state index in [-0.39, 0.29) is 74.3 Å². The van der Waals surface area contributed by atoms with Crippen molar-refractivity contribution in [2.75, 3.05) is 22.3 Å². The maximum absolute atomic E-state index is 13.5. The number of aliphatic carboxylic acids is 1. The second-order valence-electron chi connectivity index (χ2n) is 11.8. The number of fused-ring (bicyclic) bond motifs is 2. The van der Waals surface area contributed by atoms with Gasteiger partial charge in [0.1, 0.15) is 27.7 Å². The zero-order valence-electron chi connectivity index (χ0n) is 31.0. The van der Waals surface area contributed by atoms with Gasteiger partial charge in [0, 0.05) is 28.1 Å². The van der Waals surface area contributed by atoms with Crippen molar-refractivity contribution in [2.24, 2.45) is 0 Å². The minimum absolute atomic E-state index is 0. The summed E-state index contributed by atoms with van der Waals surface area (Å²) in [6, 6.07) is 3.18. The molecule has 2 amide bonds. The van der Waals surface area contributed by atoms with Crippen LogP contribution >= 0.6 is 58.3 Å². The number of thioether (sulfide) groups is 1. The summed E-state index contributed by atoms with van der Waals surface area (Å²) in [7, 11) is 0. The van der Waals surface area contributed by atoms with E-state index in [4.69, 9.17) is 39.0 Å². The number of pyridine rings is 2. The van der Waals surface area contributed by atoms with E-state index >= 15 is 0 Å². The van der Waals surface area contributed by atoms with Crippen LogP contribution in [0.4, 0.5) is 36.6 Å². The van der Waals surface area contributed by atoms with E-state index in [0.29, 0.717) is 53.8 Å². The van der Waals surface area contributed by atoms with E-state index < -0.39 is 46.5 Å². The first-order valence-corrected chi connectivity index (χ1v) is 20.0. The number of halogens is 7. The second-order valence-corrected chi connectivity index (χ2v) is 15.1. The van der Waals surface area contributed by atoms with Crippen molar-refractivity contribution < 1.29 is 75.4 Å². The average molecular weight is 915 g/mol. The third-order valence-electron chi connectivity index (χ3n) is 7.43. The smallest absolute Gasteiger partial charge is 0.550 e. The van der Waals surface area contributed by atoms with Gasteiger partial charge in [-0.25, -0.2) is 15.0 Å². The van der Waals surface area contributed by atoms with Crippen LogP contribution in [-0.4, -0.2) is 49.4 Å². The second kappa shape index (κ2) is 22.7. The standard InChI is InChI=1S/C16H13F3N4OS2.C10H7F3N2S.C6H7ClN2OS.C2H4O2.Na/c1-8-6-26-15(21-8)23-12(24)7-25-14-10(5-20)13(16(17,18)19)9-3-2-4-11(9)22-14;11-10(12,13)8-5-2-1-3-7(5)15-9(16)6(8)4-14;1-4-3-11-6(8-4)9-5(10)2-7;1-2(3)4;/h6H,2-4,7H2,1H3,(H,21,23,24);1-3H2,(H,15,16);3H,2H2,1H3,(H,8,9,10);1H3,(H,3,4);/q;;;;+1/p-1. The number of nitrogens with zero attached hydrogens (tertiary/aromatic N) is 5. The number of thiazole rings is 2. The van der Waals surface area contributed by atoms with Crippen LogP contribution in [0.15, 0.2) is 15.8 Å². The van der Waals surface area contributed by atoms with Gasteiger partial charge in [0.25, 0.3) is 0 Å². The van der Waals surface area contributed by atoms with Gasteiger partial charge in [-0.15, -0.1) is 34.3 Å². The third-order valence-corrected chi connectivity index (χ3v) is 10.7. The number of carboxylic acids is 1. The predicted octanol–water partition coefficient (Wildman–Crippen LogP) is 4.47. The van der Waals surface area contributed by atoms with E-state index in [9.17, 15) is 41.2 Å². The van der Waals surface area contributed by atoms with Crippen LogP contribution in [0, 0.1) is 41.2 Å². The Morgan fingerprint density at radius 1 is 0.879 bits per heavy atom. The Hall–Kier alpha value is -3.61. The monoisotopic (exact) mass is 914 g/mol. The maximum Gasteiger partial charge on any atom is 1.00 e. The van der Waals surface area contributed by atoms with Gasteiger partial charge in [0.2, 0.25) is 11.8 Å². The summed E-state index contributed by atoms with van der Waals surface area (Å²) in [6.45, 7) is 4.63. The first-order chi connectivity index (χ1) is 26.7. The van der Waals surface area contributed by atoms with E-state index in [2.05, 4.69) is 30.6 Å². The third kappa shape index (κ3) is 14.6. The topological polar surface area (TPSA) is 200 Å². The molecule has 0 spiro atoms. The minimum Gasteiger partial charge on any atom is -0.550 e. The van der Waals surface area contributed by atoms with Gasteiger partial charge in [-0.2, -0.15) is 36.9 Å². The van der Waals surface area contributed by atoms with Crippen LogP contribution in [0.25, 0.3) is 0 Å². The van der Waals surface area contributed by atoms with Crippen LogP contribution in [0.5, 0.6) is 0 Å². The fourth-order valence-corrected chi connectivity index (χ4v) is 7.94. The number of H-pyrrole nitrogens is 1. The molecule has 0 radical (unpaired) electrons. The summed E-state index contributed by atoms with van der Waals surface area (Å²) in [5.74, 6) is -1.90. The number of carboxylic acid groups (broad SMARTS) is 1. The number of hydrogen-bond acceptors (Lipinski definition) is 13. The van der Waals surface area contributed by atoms with Crippen molar-refractivity contribution in [2.45, 2.75) is 76.7 Å². The van der Waals surface area contributed by atoms with Crippen molar-refractivity contribution in [3.05, 3.63) is 71.6 Å². The van der Waals surface area contributed by atoms with Gasteiger partial charge in [0.15, 0.2) is 10.3 Å². The Bertz CT molecular complexity index is 2260. The number of aryl methyl sites for hydroxylation is 4. The number of aromatic nitrogens is 4. The molecule has 0 saturated carbocycles. The Kier molecular flexibility index (Phi) is 19.8. The summed E-state index contributed by atoms with van der Waals surface area (Å²) >= 11 is 13.5. The van der Waals surface area contributed by atoms with Crippen LogP contribution in [0.2, 0.25) is 0 Å². The Morgan fingerprint density at radius 2 is 1.36 bits per heavy atom. The molecule has 3 N–H and O–H groups in total. The van der Waals surface area contributed by atoms with Crippen LogP contribution < -0.4 is 45.3 Å². The van der Waals surface area contributed by atoms with E-state index in [0.717, 1.165) is 30.1 Å². The molecule has 4 aromatic heterocycles. The van der Waals surface area contributed by atoms with Crippen molar-refractivity contribution in [3.63, 3.8) is 0 Å². The number of carbonyl (C=O) groups is 3. The molecule has 0 atom stereocenters. The van der Waals surface area contributed by atoms with Gasteiger partial charge >= 0.3 is 41.9 Å². The predicted molar refractivity (Wildman–Crippen MR) is 202 cm³/mol. The number of nitriles is 2. The molecule has 0 saturated heterocycles. The van der Waals surface area contributed by atoms with Crippen LogP contribution in [-0.2, 0) is 52.4 Å². The zero-order chi connectivity index (χ0) is 42.7. The molecule has 2 aliphatic carbocycles. The Morgan fingerprint density at radius 3 is 1.83 bits per heavy atom. The number of aromatic amines is 1. The summed E-state index contributed by atoms with van der Waals surface area (Å²) in [5.41, 5.74) is 0.181. The van der Waals surface area contributed by atoms with E-state index in [1.807, 2.05) is 12.3 Å². The molecule has 4 heterocycles. The number of anilines is 2. The molecule has 0 aromatic carbocycles. The van der Waals surface area contributed by atoms with E-state index in [1.54, 1.807) is 24.4 Å². The molecule has 0 unspecified atom stereocenters. The molecule has 0 aliphatic heterocycles. The fourth-order valence-electron chi connectivity index (χ4n) is 5.38. The molecular formula is C34H30ClF6N8NaO4S4. The molecule has 2 aliphatic rings. The summed E-state index contributed by atoms with van der Waals surface area (Å²) in [6.07, 6.45) is -6.27. The molecule has 12 nitrogen and oxygen atoms in total. The molecule has 0 bridgehead atoms. The van der Waals surface area contributed by atoms with Gasteiger partial charge in [-0.1, -0.05) is 24.0 Å². The zero-order valence-corrected chi connectivity index (χ0v) is 37.0. The van der Waals surface area contributed by atoms with E-state index in [1.165, 1.54) is 22.7 Å². The SMILES string of the molecule is CC(=O)[O-].Cc1csc(NC(=O)CCl)n1.Cc1csc(NC(=O)CSc2nc3c(c(C(F)(F)F)c2C#N)CCC3)n1.N#Cc1c(C(F)(F)F)c2c([nH]c1=S)CCC2.[Na+]. The van der Waals surface area contributed by atoms with Gasteiger partial charge in [0.05, 0.1) is 39.4 Å². The fraction of sp³-hybridized carbons (Fsp3) is 0.382. The number of rotatable bonds is 6.